The molecule has 3 nitrogen and oxygen atoms in total. The summed E-state index contributed by atoms with van der Waals surface area (Å²) in [5, 5.41) is 3.99. The molecule has 4 atom stereocenters. The number of unbranched alkanes of at least 4 members (excludes halogenated alkanes) is 6. The van der Waals surface area contributed by atoms with Crippen LogP contribution in [0.5, 0.6) is 0 Å². The summed E-state index contributed by atoms with van der Waals surface area (Å²) >= 11 is 4.51. The third-order valence-corrected chi connectivity index (χ3v) is 9.12. The Hall–Kier alpha value is 0.130. The molecule has 5 heteroatoms. The lowest BCUT2D eigenvalue weighted by atomic mass is 10.0. The van der Waals surface area contributed by atoms with E-state index in [9.17, 15) is 4.79 Å². The SMILES string of the molecule is CCCCCC1SC1CC1SC1CCCCCCCC(=O)N1CCOCC1. The maximum Gasteiger partial charge on any atom is 0.222 e. The van der Waals surface area contributed by atoms with E-state index in [1.807, 2.05) is 4.90 Å². The lowest BCUT2D eigenvalue weighted by molar-refractivity contribution is -0.135. The van der Waals surface area contributed by atoms with Gasteiger partial charge in [-0.05, 0) is 25.7 Å². The van der Waals surface area contributed by atoms with Gasteiger partial charge in [0.25, 0.3) is 0 Å². The second kappa shape index (κ2) is 12.0. The lowest BCUT2D eigenvalue weighted by Gasteiger charge is -2.26. The molecule has 0 aromatic carbocycles. The molecule has 3 heterocycles. The van der Waals surface area contributed by atoms with Gasteiger partial charge in [-0.15, -0.1) is 0 Å². The molecule has 3 saturated heterocycles. The van der Waals surface area contributed by atoms with Crippen LogP contribution in [0.1, 0.15) is 84.0 Å². The van der Waals surface area contributed by atoms with Crippen LogP contribution in [-0.4, -0.2) is 58.1 Å². The molecule has 0 aliphatic carbocycles. The number of nitrogens with zero attached hydrogens (tertiary/aromatic N) is 1. The van der Waals surface area contributed by atoms with Crippen molar-refractivity contribution in [1.82, 2.24) is 4.90 Å². The van der Waals surface area contributed by atoms with Crippen molar-refractivity contribution in [1.29, 1.82) is 0 Å². The number of thioether (sulfide) groups is 2. The maximum atomic E-state index is 12.1. The van der Waals surface area contributed by atoms with Gasteiger partial charge in [-0.25, -0.2) is 0 Å². The monoisotopic (exact) mass is 413 g/mol. The van der Waals surface area contributed by atoms with E-state index in [-0.39, 0.29) is 0 Å². The molecule has 3 aliphatic rings. The lowest BCUT2D eigenvalue weighted by Crippen LogP contribution is -2.40. The first-order valence-corrected chi connectivity index (χ1v) is 13.3. The highest BCUT2D eigenvalue weighted by molar-refractivity contribution is 8.08. The fraction of sp³-hybridized carbons (Fsp3) is 0.955. The number of rotatable bonds is 14. The van der Waals surface area contributed by atoms with Gasteiger partial charge in [0.1, 0.15) is 0 Å². The first-order valence-electron chi connectivity index (χ1n) is 11.4. The molecule has 1 amide bonds. The zero-order valence-corrected chi connectivity index (χ0v) is 18.8. The predicted octanol–water partition coefficient (Wildman–Crippen LogP) is 5.51. The smallest absolute Gasteiger partial charge is 0.222 e. The molecule has 0 saturated carbocycles. The Labute approximate surface area is 175 Å². The zero-order valence-electron chi connectivity index (χ0n) is 17.2. The van der Waals surface area contributed by atoms with E-state index >= 15 is 0 Å². The van der Waals surface area contributed by atoms with Crippen LogP contribution >= 0.6 is 23.5 Å². The van der Waals surface area contributed by atoms with Crippen molar-refractivity contribution >= 4 is 29.4 Å². The standard InChI is InChI=1S/C22H39NO2S2/c1-2-3-7-10-18-20(26-18)17-21-19(27-21)11-8-5-4-6-9-12-22(24)23-13-15-25-16-14-23/h18-21H,2-17H2,1H3. The van der Waals surface area contributed by atoms with Crippen LogP contribution in [0.3, 0.4) is 0 Å². The number of hydrogen-bond acceptors (Lipinski definition) is 4. The number of amides is 1. The van der Waals surface area contributed by atoms with Crippen LogP contribution in [0, 0.1) is 0 Å². The first kappa shape index (κ1) is 21.8. The topological polar surface area (TPSA) is 29.5 Å². The third kappa shape index (κ3) is 8.18. The maximum absolute atomic E-state index is 12.1. The van der Waals surface area contributed by atoms with Crippen LogP contribution in [0.25, 0.3) is 0 Å². The van der Waals surface area contributed by atoms with Gasteiger partial charge in [-0.1, -0.05) is 51.9 Å². The molecular formula is C22H39NO2S2. The summed E-state index contributed by atoms with van der Waals surface area (Å²) in [7, 11) is 0. The molecule has 0 radical (unpaired) electrons. The van der Waals surface area contributed by atoms with E-state index in [1.165, 1.54) is 64.2 Å². The van der Waals surface area contributed by atoms with Gasteiger partial charge in [0, 0.05) is 40.5 Å². The molecule has 3 aliphatic heterocycles. The molecule has 0 spiro atoms. The predicted molar refractivity (Wildman–Crippen MR) is 119 cm³/mol. The highest BCUT2D eigenvalue weighted by Crippen LogP contribution is 2.55. The van der Waals surface area contributed by atoms with Crippen molar-refractivity contribution in [3.63, 3.8) is 0 Å². The van der Waals surface area contributed by atoms with Crippen LogP contribution < -0.4 is 0 Å². The van der Waals surface area contributed by atoms with Crippen molar-refractivity contribution in [2.45, 2.75) is 105 Å². The Morgan fingerprint density at radius 3 is 2.11 bits per heavy atom. The minimum Gasteiger partial charge on any atom is -0.378 e. The van der Waals surface area contributed by atoms with Crippen molar-refractivity contribution in [2.75, 3.05) is 26.3 Å². The average molecular weight is 414 g/mol. The van der Waals surface area contributed by atoms with Crippen LogP contribution in [0.2, 0.25) is 0 Å². The van der Waals surface area contributed by atoms with Crippen molar-refractivity contribution in [3.8, 4) is 0 Å². The Kier molecular flexibility index (Phi) is 9.68. The molecule has 27 heavy (non-hydrogen) atoms. The van der Waals surface area contributed by atoms with Crippen LogP contribution in [-0.2, 0) is 9.53 Å². The number of morpholine rings is 1. The van der Waals surface area contributed by atoms with E-state index in [2.05, 4.69) is 30.4 Å². The van der Waals surface area contributed by atoms with Gasteiger partial charge in [0.05, 0.1) is 13.2 Å². The summed E-state index contributed by atoms with van der Waals surface area (Å²) in [6.45, 7) is 5.31. The number of hydrogen-bond donors (Lipinski definition) is 0. The number of carbonyl (C=O) groups is 1. The fourth-order valence-electron chi connectivity index (χ4n) is 4.23. The highest BCUT2D eigenvalue weighted by atomic mass is 32.2. The van der Waals surface area contributed by atoms with E-state index in [4.69, 9.17) is 4.74 Å². The Bertz CT molecular complexity index is 442. The van der Waals surface area contributed by atoms with Crippen molar-refractivity contribution in [2.24, 2.45) is 0 Å². The molecule has 0 aromatic heterocycles. The molecular weight excluding hydrogens is 374 g/mol. The summed E-state index contributed by atoms with van der Waals surface area (Å²) in [6, 6.07) is 0. The minimum absolute atomic E-state index is 0.335. The summed E-state index contributed by atoms with van der Waals surface area (Å²) in [5.74, 6) is 0.335. The molecule has 0 bridgehead atoms. The second-order valence-corrected chi connectivity index (χ2v) is 11.4. The molecule has 4 unspecified atom stereocenters. The fourth-order valence-corrected chi connectivity index (χ4v) is 6.80. The van der Waals surface area contributed by atoms with E-state index < -0.39 is 0 Å². The Morgan fingerprint density at radius 2 is 1.44 bits per heavy atom. The van der Waals surface area contributed by atoms with Crippen molar-refractivity contribution < 1.29 is 9.53 Å². The summed E-state index contributed by atoms with van der Waals surface area (Å²) in [5.41, 5.74) is 0. The summed E-state index contributed by atoms with van der Waals surface area (Å²) in [6.07, 6.45) is 15.7. The summed E-state index contributed by atoms with van der Waals surface area (Å²) in [4.78, 5) is 14.0. The van der Waals surface area contributed by atoms with Crippen molar-refractivity contribution in [3.05, 3.63) is 0 Å². The average Bonchev–Trinajstić information content (AvgIpc) is 3.61. The first-order chi connectivity index (χ1) is 13.3. The molecule has 0 aromatic rings. The number of ether oxygens (including phenoxy) is 1. The van der Waals surface area contributed by atoms with Gasteiger partial charge >= 0.3 is 0 Å². The van der Waals surface area contributed by atoms with Crippen LogP contribution in [0.4, 0.5) is 0 Å². The Morgan fingerprint density at radius 1 is 0.852 bits per heavy atom. The zero-order chi connectivity index (χ0) is 18.9. The largest absolute Gasteiger partial charge is 0.378 e. The van der Waals surface area contributed by atoms with Gasteiger partial charge in [-0.2, -0.15) is 23.5 Å². The van der Waals surface area contributed by atoms with E-state index in [1.54, 1.807) is 0 Å². The van der Waals surface area contributed by atoms with Gasteiger partial charge in [0.2, 0.25) is 5.91 Å². The molecule has 3 fully saturated rings. The van der Waals surface area contributed by atoms with Crippen LogP contribution in [0.15, 0.2) is 0 Å². The van der Waals surface area contributed by atoms with Gasteiger partial charge in [0.15, 0.2) is 0 Å². The minimum atomic E-state index is 0.335. The highest BCUT2D eigenvalue weighted by Gasteiger charge is 2.46. The number of carbonyl (C=O) groups excluding carboxylic acids is 1. The van der Waals surface area contributed by atoms with E-state index in [0.29, 0.717) is 19.1 Å². The second-order valence-electron chi connectivity index (χ2n) is 8.46. The van der Waals surface area contributed by atoms with E-state index in [0.717, 1.165) is 46.9 Å². The third-order valence-electron chi connectivity index (χ3n) is 6.18. The Balaban J connectivity index is 1.09. The van der Waals surface area contributed by atoms with Gasteiger partial charge in [-0.3, -0.25) is 4.79 Å². The normalized spacial score (nSPS) is 29.7. The molecule has 0 N–H and O–H groups in total. The van der Waals surface area contributed by atoms with Gasteiger partial charge < -0.3 is 9.64 Å². The quantitative estimate of drug-likeness (QED) is 0.277. The summed E-state index contributed by atoms with van der Waals surface area (Å²) < 4.78 is 5.30. The molecule has 156 valence electrons. The molecule has 3 rings (SSSR count).